The normalized spacial score (nSPS) is 12.2. The minimum atomic E-state index is -4.56. The maximum atomic E-state index is 12.7. The Bertz CT molecular complexity index is 787. The predicted molar refractivity (Wildman–Crippen MR) is 76.0 cm³/mol. The van der Waals surface area contributed by atoms with E-state index in [2.05, 4.69) is 0 Å². The van der Waals surface area contributed by atoms with Gasteiger partial charge >= 0.3 is 6.18 Å². The average Bonchev–Trinajstić information content (AvgIpc) is 2.36. The van der Waals surface area contributed by atoms with Crippen molar-refractivity contribution in [2.24, 2.45) is 0 Å². The van der Waals surface area contributed by atoms with Crippen molar-refractivity contribution in [2.75, 3.05) is 0 Å². The second-order valence-corrected chi connectivity index (χ2v) is 7.19. The van der Waals surface area contributed by atoms with Crippen LogP contribution in [0.2, 0.25) is 5.02 Å². The zero-order valence-corrected chi connectivity index (χ0v) is 12.9. The van der Waals surface area contributed by atoms with Gasteiger partial charge in [0, 0.05) is 15.7 Å². The summed E-state index contributed by atoms with van der Waals surface area (Å²) in [4.78, 5) is -0.149. The minimum absolute atomic E-state index is 0.124. The van der Waals surface area contributed by atoms with E-state index in [1.54, 1.807) is 0 Å². The van der Waals surface area contributed by atoms with Crippen LogP contribution in [0, 0.1) is 0 Å². The molecule has 0 amide bonds. The molecule has 0 saturated heterocycles. The SMILES string of the molecule is O=S(=O)(Cl)c1ccc(Oc2cc(Cl)cc(C(F)(F)F)c2)cc1. The van der Waals surface area contributed by atoms with E-state index in [4.69, 9.17) is 27.0 Å². The van der Waals surface area contributed by atoms with Crippen LogP contribution in [-0.4, -0.2) is 8.42 Å². The van der Waals surface area contributed by atoms with Crippen molar-refractivity contribution in [1.29, 1.82) is 0 Å². The molecule has 0 aliphatic carbocycles. The molecule has 0 fully saturated rings. The summed E-state index contributed by atoms with van der Waals surface area (Å²) in [5.74, 6) is 0.0146. The predicted octanol–water partition coefficient (Wildman–Crippen LogP) is 5.08. The van der Waals surface area contributed by atoms with E-state index in [1.165, 1.54) is 30.3 Å². The van der Waals surface area contributed by atoms with Gasteiger partial charge in [-0.15, -0.1) is 0 Å². The van der Waals surface area contributed by atoms with E-state index in [-0.39, 0.29) is 21.4 Å². The fraction of sp³-hybridized carbons (Fsp3) is 0.0769. The summed E-state index contributed by atoms with van der Waals surface area (Å²) in [5.41, 5.74) is -0.949. The lowest BCUT2D eigenvalue weighted by atomic mass is 10.2. The van der Waals surface area contributed by atoms with Crippen molar-refractivity contribution in [3.05, 3.63) is 53.1 Å². The monoisotopic (exact) mass is 370 g/mol. The van der Waals surface area contributed by atoms with Gasteiger partial charge in [0.25, 0.3) is 9.05 Å². The third kappa shape index (κ3) is 4.28. The second kappa shape index (κ2) is 5.98. The molecule has 9 heteroatoms. The topological polar surface area (TPSA) is 43.4 Å². The van der Waals surface area contributed by atoms with Crippen LogP contribution in [-0.2, 0) is 15.2 Å². The van der Waals surface area contributed by atoms with Crippen molar-refractivity contribution in [1.82, 2.24) is 0 Å². The first-order valence-corrected chi connectivity index (χ1v) is 8.35. The molecule has 2 rings (SSSR count). The maximum Gasteiger partial charge on any atom is 0.416 e. The van der Waals surface area contributed by atoms with E-state index < -0.39 is 20.8 Å². The molecule has 0 saturated carbocycles. The van der Waals surface area contributed by atoms with Crippen LogP contribution < -0.4 is 4.74 Å². The maximum absolute atomic E-state index is 12.7. The molecule has 0 aliphatic heterocycles. The first-order chi connectivity index (χ1) is 10.1. The van der Waals surface area contributed by atoms with Crippen molar-refractivity contribution in [2.45, 2.75) is 11.1 Å². The zero-order chi connectivity index (χ0) is 16.5. The number of alkyl halides is 3. The minimum Gasteiger partial charge on any atom is -0.457 e. The highest BCUT2D eigenvalue weighted by atomic mass is 35.7. The first-order valence-electron chi connectivity index (χ1n) is 5.66. The highest BCUT2D eigenvalue weighted by molar-refractivity contribution is 8.13. The summed E-state index contributed by atoms with van der Waals surface area (Å²) >= 11 is 5.63. The summed E-state index contributed by atoms with van der Waals surface area (Å²) in [6.07, 6.45) is -4.56. The van der Waals surface area contributed by atoms with Gasteiger partial charge in [-0.25, -0.2) is 8.42 Å². The van der Waals surface area contributed by atoms with Gasteiger partial charge in [-0.1, -0.05) is 11.6 Å². The van der Waals surface area contributed by atoms with Crippen molar-refractivity contribution < 1.29 is 26.3 Å². The Morgan fingerprint density at radius 2 is 1.55 bits per heavy atom. The molecule has 0 unspecified atom stereocenters. The van der Waals surface area contributed by atoms with Crippen molar-refractivity contribution >= 4 is 31.3 Å². The number of ether oxygens (including phenoxy) is 1. The Morgan fingerprint density at radius 3 is 2.05 bits per heavy atom. The fourth-order valence-corrected chi connectivity index (χ4v) is 2.59. The lowest BCUT2D eigenvalue weighted by molar-refractivity contribution is -0.137. The molecule has 0 aliphatic rings. The highest BCUT2D eigenvalue weighted by Crippen LogP contribution is 2.35. The van der Waals surface area contributed by atoms with Gasteiger partial charge in [0.05, 0.1) is 10.5 Å². The summed E-state index contributed by atoms with van der Waals surface area (Å²) in [6, 6.07) is 7.66. The Kier molecular flexibility index (Phi) is 4.60. The van der Waals surface area contributed by atoms with Gasteiger partial charge in [-0.05, 0) is 42.5 Å². The van der Waals surface area contributed by atoms with E-state index in [0.717, 1.165) is 12.1 Å². The smallest absolute Gasteiger partial charge is 0.416 e. The molecule has 0 spiro atoms. The summed E-state index contributed by atoms with van der Waals surface area (Å²) in [6.45, 7) is 0. The summed E-state index contributed by atoms with van der Waals surface area (Å²) in [5, 5.41) is -0.134. The summed E-state index contributed by atoms with van der Waals surface area (Å²) in [7, 11) is 1.27. The van der Waals surface area contributed by atoms with Gasteiger partial charge in [-0.2, -0.15) is 13.2 Å². The Morgan fingerprint density at radius 1 is 0.955 bits per heavy atom. The Labute approximate surface area is 133 Å². The number of hydrogen-bond acceptors (Lipinski definition) is 3. The van der Waals surface area contributed by atoms with Crippen LogP contribution in [0.1, 0.15) is 5.56 Å². The number of benzene rings is 2. The molecule has 2 aromatic carbocycles. The first kappa shape index (κ1) is 16.9. The van der Waals surface area contributed by atoms with E-state index in [0.29, 0.717) is 0 Å². The molecule has 3 nitrogen and oxygen atoms in total. The third-order valence-electron chi connectivity index (χ3n) is 2.54. The highest BCUT2D eigenvalue weighted by Gasteiger charge is 2.31. The van der Waals surface area contributed by atoms with Gasteiger partial charge in [0.1, 0.15) is 11.5 Å². The third-order valence-corrected chi connectivity index (χ3v) is 4.13. The average molecular weight is 371 g/mol. The molecule has 0 aromatic heterocycles. The number of rotatable bonds is 3. The lowest BCUT2D eigenvalue weighted by Crippen LogP contribution is -2.04. The van der Waals surface area contributed by atoms with Crippen LogP contribution in [0.4, 0.5) is 13.2 Å². The number of halogens is 5. The Hall–Kier alpha value is -1.44. The number of hydrogen-bond donors (Lipinski definition) is 0. The quantitative estimate of drug-likeness (QED) is 0.707. The zero-order valence-electron chi connectivity index (χ0n) is 10.6. The van der Waals surface area contributed by atoms with Gasteiger partial charge in [-0.3, -0.25) is 0 Å². The van der Waals surface area contributed by atoms with Gasteiger partial charge < -0.3 is 4.74 Å². The van der Waals surface area contributed by atoms with Crippen LogP contribution in [0.15, 0.2) is 47.4 Å². The molecule has 118 valence electrons. The van der Waals surface area contributed by atoms with Crippen molar-refractivity contribution in [3.8, 4) is 11.5 Å². The molecule has 0 heterocycles. The largest absolute Gasteiger partial charge is 0.457 e. The lowest BCUT2D eigenvalue weighted by Gasteiger charge is -2.11. The molecule has 0 atom stereocenters. The molecular formula is C13H7Cl2F3O3S. The fourth-order valence-electron chi connectivity index (χ4n) is 1.59. The van der Waals surface area contributed by atoms with E-state index >= 15 is 0 Å². The molecule has 2 aromatic rings. The van der Waals surface area contributed by atoms with E-state index in [9.17, 15) is 21.6 Å². The molecule has 0 bridgehead atoms. The van der Waals surface area contributed by atoms with Gasteiger partial charge in [0.2, 0.25) is 0 Å². The molecule has 22 heavy (non-hydrogen) atoms. The Balaban J connectivity index is 2.29. The molecular weight excluding hydrogens is 364 g/mol. The van der Waals surface area contributed by atoms with Crippen LogP contribution in [0.5, 0.6) is 11.5 Å². The van der Waals surface area contributed by atoms with Crippen molar-refractivity contribution in [3.63, 3.8) is 0 Å². The standard InChI is InChI=1S/C13H7Cl2F3O3S/c14-9-5-8(13(16,17)18)6-11(7-9)21-10-1-3-12(4-2-10)22(15,19)20/h1-7H. The van der Waals surface area contributed by atoms with Crippen LogP contribution in [0.3, 0.4) is 0 Å². The molecule has 0 radical (unpaired) electrons. The summed E-state index contributed by atoms with van der Waals surface area (Å²) < 4.78 is 65.4. The van der Waals surface area contributed by atoms with E-state index in [1.807, 2.05) is 0 Å². The second-order valence-electron chi connectivity index (χ2n) is 4.18. The van der Waals surface area contributed by atoms with Gasteiger partial charge in [0.15, 0.2) is 0 Å². The molecule has 0 N–H and O–H groups in total. The van der Waals surface area contributed by atoms with Crippen LogP contribution in [0.25, 0.3) is 0 Å². The van der Waals surface area contributed by atoms with Crippen LogP contribution >= 0.6 is 22.3 Å².